The topological polar surface area (TPSA) is 97.1 Å². The van der Waals surface area contributed by atoms with E-state index < -0.39 is 46.9 Å². The van der Waals surface area contributed by atoms with Crippen molar-refractivity contribution in [2.45, 2.75) is 32.9 Å². The number of nitrogens with zero attached hydrogens (tertiary/aromatic N) is 3. The van der Waals surface area contributed by atoms with Gasteiger partial charge in [0.15, 0.2) is 23.3 Å². The van der Waals surface area contributed by atoms with E-state index in [9.17, 15) is 27.2 Å². The Morgan fingerprint density at radius 3 is 2.48 bits per heavy atom. The zero-order valence-corrected chi connectivity index (χ0v) is 22.4. The summed E-state index contributed by atoms with van der Waals surface area (Å²) >= 11 is 0. The maximum Gasteiger partial charge on any atom is 0.261 e. The Balaban J connectivity index is 1.47. The summed E-state index contributed by atoms with van der Waals surface area (Å²) in [4.78, 5) is 40.3. The predicted molar refractivity (Wildman–Crippen MR) is 143 cm³/mol. The van der Waals surface area contributed by atoms with Crippen LogP contribution in [0, 0.1) is 30.2 Å². The number of aromatic amines is 2. The van der Waals surface area contributed by atoms with Gasteiger partial charge in [-0.25, -0.2) is 22.5 Å². The van der Waals surface area contributed by atoms with Gasteiger partial charge in [0.25, 0.3) is 11.5 Å². The molecule has 5 rings (SSSR count). The summed E-state index contributed by atoms with van der Waals surface area (Å²) in [6, 6.07) is 2.85. The molecule has 210 valence electrons. The summed E-state index contributed by atoms with van der Waals surface area (Å²) < 4.78 is 55.8. The molecule has 2 aromatic carbocycles. The molecule has 40 heavy (non-hydrogen) atoms. The molecule has 1 unspecified atom stereocenters. The molecule has 1 aliphatic heterocycles. The number of anilines is 1. The number of hydrogen-bond donors (Lipinski definition) is 3. The highest BCUT2D eigenvalue weighted by molar-refractivity contribution is 6.04. The maximum absolute atomic E-state index is 14.2. The minimum Gasteiger partial charge on any atom is -0.381 e. The molecule has 1 aliphatic rings. The van der Waals surface area contributed by atoms with Crippen molar-refractivity contribution < 1.29 is 22.4 Å². The standard InChI is InChI=1S/C28H28F4N6O2/c1-13(9-16-23(31)17(29)11-18(30)24(16)32)34-19-5-6-33-27(39)22(19)26-35-20-10-15-12-38(8-7-37(3)4)28(40)21(15)14(2)25(20)36-26/h5-6,10-11,13H,7-9,12H2,1-4H3,(H,35,36)(H2,33,34,39). The van der Waals surface area contributed by atoms with Gasteiger partial charge in [-0.1, -0.05) is 0 Å². The summed E-state index contributed by atoms with van der Waals surface area (Å²) in [5, 5.41) is 3.01. The number of rotatable bonds is 8. The minimum atomic E-state index is -1.48. The number of likely N-dealkylation sites (N-methyl/N-ethyl adjacent to an activating group) is 1. The third-order valence-electron chi connectivity index (χ3n) is 7.09. The summed E-state index contributed by atoms with van der Waals surface area (Å²) in [5.41, 5.74) is 2.56. The molecule has 3 heterocycles. The molecule has 12 heteroatoms. The molecule has 0 bridgehead atoms. The van der Waals surface area contributed by atoms with Crippen molar-refractivity contribution >= 4 is 22.6 Å². The van der Waals surface area contributed by atoms with E-state index in [0.717, 1.165) is 12.1 Å². The van der Waals surface area contributed by atoms with Gasteiger partial charge in [0.1, 0.15) is 11.4 Å². The number of benzene rings is 2. The number of nitrogens with one attached hydrogen (secondary N) is 3. The molecule has 0 saturated heterocycles. The minimum absolute atomic E-state index is 0.0669. The van der Waals surface area contributed by atoms with E-state index in [1.165, 1.54) is 6.20 Å². The van der Waals surface area contributed by atoms with Crippen LogP contribution >= 0.6 is 0 Å². The lowest BCUT2D eigenvalue weighted by molar-refractivity contribution is 0.0767. The van der Waals surface area contributed by atoms with Gasteiger partial charge in [0.2, 0.25) is 0 Å². The normalized spacial score (nSPS) is 13.9. The quantitative estimate of drug-likeness (QED) is 0.222. The lowest BCUT2D eigenvalue weighted by Gasteiger charge is -2.18. The largest absolute Gasteiger partial charge is 0.381 e. The monoisotopic (exact) mass is 556 g/mol. The zero-order valence-electron chi connectivity index (χ0n) is 22.4. The van der Waals surface area contributed by atoms with E-state index in [1.54, 1.807) is 17.9 Å². The molecular weight excluding hydrogens is 528 g/mol. The highest BCUT2D eigenvalue weighted by Gasteiger charge is 2.31. The lowest BCUT2D eigenvalue weighted by atomic mass is 10.0. The van der Waals surface area contributed by atoms with E-state index in [2.05, 4.69) is 20.3 Å². The number of carbonyl (C=O) groups excluding carboxylic acids is 1. The molecule has 0 saturated carbocycles. The van der Waals surface area contributed by atoms with Crippen LogP contribution in [0.25, 0.3) is 22.4 Å². The third-order valence-corrected chi connectivity index (χ3v) is 7.09. The molecule has 1 atom stereocenters. The second-order valence-electron chi connectivity index (χ2n) is 10.3. The van der Waals surface area contributed by atoms with Crippen LogP contribution in [0.5, 0.6) is 0 Å². The number of amides is 1. The molecule has 8 nitrogen and oxygen atoms in total. The molecule has 4 aromatic rings. The van der Waals surface area contributed by atoms with Gasteiger partial charge >= 0.3 is 0 Å². The predicted octanol–water partition coefficient (Wildman–Crippen LogP) is 4.34. The van der Waals surface area contributed by atoms with Crippen LogP contribution in [0.3, 0.4) is 0 Å². The third kappa shape index (κ3) is 4.83. The number of pyridine rings is 1. The van der Waals surface area contributed by atoms with Crippen molar-refractivity contribution in [3.05, 3.63) is 80.3 Å². The van der Waals surface area contributed by atoms with Gasteiger partial charge in [-0.15, -0.1) is 0 Å². The van der Waals surface area contributed by atoms with E-state index in [0.29, 0.717) is 40.9 Å². The second kappa shape index (κ2) is 10.4. The van der Waals surface area contributed by atoms with Crippen LogP contribution in [-0.4, -0.2) is 63.9 Å². The lowest BCUT2D eigenvalue weighted by Crippen LogP contribution is -2.32. The average Bonchev–Trinajstić information content (AvgIpc) is 3.45. The first-order valence-electron chi connectivity index (χ1n) is 12.7. The van der Waals surface area contributed by atoms with Gasteiger partial charge in [-0.05, 0) is 57.6 Å². The molecular formula is C28H28F4N6O2. The molecule has 0 fully saturated rings. The highest BCUT2D eigenvalue weighted by atomic mass is 19.2. The SMILES string of the molecule is Cc1c2c(cc3[nH]c(-c4c(NC(C)Cc5c(F)c(F)cc(F)c5F)cc[nH]c4=O)nc13)CN(CCN(C)C)C2=O. The van der Waals surface area contributed by atoms with E-state index in [-0.39, 0.29) is 23.4 Å². The number of imidazole rings is 1. The smallest absolute Gasteiger partial charge is 0.261 e. The number of aryl methyl sites for hydroxylation is 1. The van der Waals surface area contributed by atoms with Crippen LogP contribution in [0.15, 0.2) is 29.2 Å². The highest BCUT2D eigenvalue weighted by Crippen LogP contribution is 2.33. The van der Waals surface area contributed by atoms with Gasteiger partial charge in [0.05, 0.1) is 16.7 Å². The number of H-pyrrole nitrogens is 2. The van der Waals surface area contributed by atoms with Crippen molar-refractivity contribution in [2.24, 2.45) is 0 Å². The molecule has 3 N–H and O–H groups in total. The van der Waals surface area contributed by atoms with Gasteiger partial charge in [-0.2, -0.15) is 0 Å². The van der Waals surface area contributed by atoms with Crippen molar-refractivity contribution in [3.8, 4) is 11.4 Å². The summed E-state index contributed by atoms with van der Waals surface area (Å²) in [5.74, 6) is -5.74. The fraction of sp³-hybridized carbons (Fsp3) is 0.321. The van der Waals surface area contributed by atoms with E-state index in [1.807, 2.05) is 32.0 Å². The fourth-order valence-corrected chi connectivity index (χ4v) is 5.12. The van der Waals surface area contributed by atoms with E-state index in [4.69, 9.17) is 0 Å². The Kier molecular flexibility index (Phi) is 7.13. The Morgan fingerprint density at radius 1 is 1.10 bits per heavy atom. The van der Waals surface area contributed by atoms with Gasteiger partial charge < -0.3 is 25.1 Å². The van der Waals surface area contributed by atoms with Crippen molar-refractivity contribution in [3.63, 3.8) is 0 Å². The Morgan fingerprint density at radius 2 is 1.80 bits per heavy atom. The number of halogens is 4. The van der Waals surface area contributed by atoms with E-state index >= 15 is 0 Å². The summed E-state index contributed by atoms with van der Waals surface area (Å²) in [7, 11) is 3.89. The van der Waals surface area contributed by atoms with Crippen molar-refractivity contribution in [1.82, 2.24) is 24.8 Å². The van der Waals surface area contributed by atoms with Gasteiger partial charge in [-0.3, -0.25) is 9.59 Å². The first kappa shape index (κ1) is 27.4. The molecule has 1 amide bonds. The summed E-state index contributed by atoms with van der Waals surface area (Å²) in [6.07, 6.45) is 1.00. The van der Waals surface area contributed by atoms with Crippen molar-refractivity contribution in [1.29, 1.82) is 0 Å². The van der Waals surface area contributed by atoms with Crippen LogP contribution in [0.4, 0.5) is 23.2 Å². The number of aromatic nitrogens is 3. The first-order chi connectivity index (χ1) is 19.0. The van der Waals surface area contributed by atoms with Crippen LogP contribution < -0.4 is 10.9 Å². The second-order valence-corrected chi connectivity index (χ2v) is 10.3. The first-order valence-corrected chi connectivity index (χ1v) is 12.7. The average molecular weight is 557 g/mol. The Hall–Kier alpha value is -4.19. The molecule has 0 spiro atoms. The molecule has 2 aromatic heterocycles. The Bertz CT molecular complexity index is 1670. The van der Waals surface area contributed by atoms with Gasteiger partial charge in [0, 0.05) is 49.1 Å². The van der Waals surface area contributed by atoms with Crippen LogP contribution in [0.2, 0.25) is 0 Å². The zero-order chi connectivity index (χ0) is 28.9. The number of hydrogen-bond acceptors (Lipinski definition) is 5. The van der Waals surface area contributed by atoms with Crippen LogP contribution in [0.1, 0.15) is 34.0 Å². The molecule has 0 radical (unpaired) electrons. The molecule has 0 aliphatic carbocycles. The Labute approximate surface area is 227 Å². The maximum atomic E-state index is 14.2. The fourth-order valence-electron chi connectivity index (χ4n) is 5.12. The number of fused-ring (bicyclic) bond motifs is 2. The number of carbonyl (C=O) groups is 1. The summed E-state index contributed by atoms with van der Waals surface area (Å²) in [6.45, 7) is 5.17. The van der Waals surface area contributed by atoms with Crippen molar-refractivity contribution in [2.75, 3.05) is 32.5 Å². The van der Waals surface area contributed by atoms with Crippen LogP contribution in [-0.2, 0) is 13.0 Å².